The molecule has 0 saturated heterocycles. The molecule has 35 heteroatoms. The van der Waals surface area contributed by atoms with Crippen molar-refractivity contribution in [3.05, 3.63) is 52.4 Å². The van der Waals surface area contributed by atoms with Crippen molar-refractivity contribution in [1.82, 2.24) is 31.9 Å². The first kappa shape index (κ1) is 60.5. The van der Waals surface area contributed by atoms with Gasteiger partial charge in [0, 0.05) is 24.5 Å². The maximum Gasteiger partial charge on any atom is 0.330 e. The van der Waals surface area contributed by atoms with E-state index in [1.807, 2.05) is 5.32 Å². The first-order chi connectivity index (χ1) is 33.7. The summed E-state index contributed by atoms with van der Waals surface area (Å²) in [7, 11) is 0. The smallest absolute Gasteiger partial charge is 0.330 e. The number of thioether (sulfide) groups is 1. The van der Waals surface area contributed by atoms with Gasteiger partial charge in [0.15, 0.2) is 58.5 Å². The number of guanidine groups is 1. The van der Waals surface area contributed by atoms with Crippen LogP contribution in [0.25, 0.3) is 11.1 Å². The Hall–Kier alpha value is -7.59. The third-order valence-electron chi connectivity index (χ3n) is 9.14. The van der Waals surface area contributed by atoms with Gasteiger partial charge in [0.1, 0.15) is 24.2 Å². The zero-order chi connectivity index (χ0) is 54.7. The molecule has 2 rings (SSSR count). The summed E-state index contributed by atoms with van der Waals surface area (Å²) in [6.45, 7) is -2.01. The van der Waals surface area contributed by atoms with E-state index in [-0.39, 0.29) is 37.5 Å². The molecule has 0 spiro atoms. The number of carbonyl (C=O) groups is 9. The monoisotopic (exact) mass is 1080 g/mol. The maximum atomic E-state index is 15.0. The Bertz CT molecular complexity index is 2440. The Morgan fingerprint density at radius 2 is 1.06 bits per heavy atom. The lowest BCUT2D eigenvalue weighted by atomic mass is 10.0. The quantitative estimate of drug-likeness (QED) is 0.00414. The Labute approximate surface area is 407 Å². The van der Waals surface area contributed by atoms with Crippen LogP contribution in [-0.4, -0.2) is 136 Å². The van der Waals surface area contributed by atoms with Gasteiger partial charge in [-0.15, -0.1) is 11.8 Å². The first-order valence-corrected chi connectivity index (χ1v) is 21.5. The number of aliphatic imine (C=N–C) groups is 1. The summed E-state index contributed by atoms with van der Waals surface area (Å²) >= 11 is 3.56. The lowest BCUT2D eigenvalue weighted by Gasteiger charge is -2.22. The third kappa shape index (κ3) is 17.4. The van der Waals surface area contributed by atoms with E-state index in [4.69, 9.17) is 22.4 Å². The van der Waals surface area contributed by atoms with Gasteiger partial charge in [0.05, 0.1) is 35.5 Å². The van der Waals surface area contributed by atoms with Gasteiger partial charge in [-0.2, -0.15) is 17.7 Å². The van der Waals surface area contributed by atoms with E-state index in [2.05, 4.69) is 49.2 Å². The zero-order valence-corrected chi connectivity index (χ0v) is 38.0. The van der Waals surface area contributed by atoms with Crippen LogP contribution in [0.1, 0.15) is 32.1 Å². The molecule has 0 aromatic heterocycles. The minimum absolute atomic E-state index is 0.00522. The number of amides is 6. The zero-order valence-electron chi connectivity index (χ0n) is 36.3. The van der Waals surface area contributed by atoms with Crippen LogP contribution in [0.15, 0.2) is 20.2 Å². The van der Waals surface area contributed by atoms with Crippen LogP contribution in [-0.2, 0) is 43.2 Å². The van der Waals surface area contributed by atoms with E-state index in [1.54, 1.807) is 5.32 Å². The van der Waals surface area contributed by atoms with Gasteiger partial charge in [-0.25, -0.2) is 49.1 Å². The number of benzene rings is 2. The van der Waals surface area contributed by atoms with Crippen LogP contribution >= 0.6 is 24.4 Å². The Morgan fingerprint density at radius 3 is 1.51 bits per heavy atom. The van der Waals surface area contributed by atoms with E-state index < -0.39 is 195 Å². The van der Waals surface area contributed by atoms with Gasteiger partial charge in [-0.3, -0.25) is 38.6 Å². The van der Waals surface area contributed by atoms with Crippen molar-refractivity contribution in [3.8, 4) is 11.1 Å². The number of rotatable bonds is 28. The number of carboxylic acids is 3. The molecule has 24 nitrogen and oxygen atoms in total. The number of halogens is 9. The molecule has 72 heavy (non-hydrogen) atoms. The predicted molar refractivity (Wildman–Crippen MR) is 229 cm³/mol. The molecule has 0 saturated carbocycles. The highest BCUT2D eigenvalue weighted by Crippen LogP contribution is 2.40. The molecular weight excluding hydrogens is 1040 g/mol. The molecule has 2 aromatic rings. The second kappa shape index (κ2) is 28.3. The van der Waals surface area contributed by atoms with Crippen molar-refractivity contribution in [3.63, 3.8) is 0 Å². The molecule has 6 amide bonds. The predicted octanol–water partition coefficient (Wildman–Crippen LogP) is -1.03. The maximum absolute atomic E-state index is 15.0. The molecule has 0 aliphatic heterocycles. The number of hydrogen-bond donors (Lipinski definition) is 13. The van der Waals surface area contributed by atoms with Gasteiger partial charge in [-0.05, 0) is 19.3 Å². The molecule has 396 valence electrons. The highest BCUT2D eigenvalue weighted by molar-refractivity contribution is 7.99. The molecule has 0 radical (unpaired) electrons. The molecule has 0 heterocycles. The summed E-state index contributed by atoms with van der Waals surface area (Å²) in [5.41, 5.74) is 5.80. The Morgan fingerprint density at radius 1 is 0.583 bits per heavy atom. The van der Waals surface area contributed by atoms with Gasteiger partial charge >= 0.3 is 17.9 Å². The molecule has 0 aliphatic rings. The number of nitrogens with one attached hydrogen (secondary N) is 6. The fourth-order valence-electron chi connectivity index (χ4n) is 5.66. The minimum Gasteiger partial charge on any atom is -0.481 e. The second-order valence-electron chi connectivity index (χ2n) is 14.3. The number of nitrogens with two attached hydrogens (primary N) is 3. The Balaban J connectivity index is 2.17. The lowest BCUT2D eigenvalue weighted by molar-refractivity contribution is -0.143. The van der Waals surface area contributed by atoms with Crippen molar-refractivity contribution < 1.29 is 98.0 Å². The molecular formula is C37H41F9N12O12S2. The van der Waals surface area contributed by atoms with Crippen molar-refractivity contribution in [1.29, 1.82) is 0 Å². The van der Waals surface area contributed by atoms with Crippen LogP contribution in [0.2, 0.25) is 0 Å². The topological polar surface area (TPSA) is 402 Å². The summed E-state index contributed by atoms with van der Waals surface area (Å²) in [6, 6.07) is -8.90. The molecule has 0 fully saturated rings. The van der Waals surface area contributed by atoms with Crippen molar-refractivity contribution in [2.75, 3.05) is 31.1 Å². The van der Waals surface area contributed by atoms with E-state index in [9.17, 15) is 75.3 Å². The van der Waals surface area contributed by atoms with Crippen LogP contribution in [0, 0.1) is 52.4 Å². The van der Waals surface area contributed by atoms with Crippen LogP contribution < -0.4 is 49.2 Å². The second-order valence-corrected chi connectivity index (χ2v) is 15.7. The SMILES string of the molecule is NN=N[C@@H](CCC(=O)N[C@@H](CS)C(=O)NCC(=O)N[C@@H](CCCN=C(N)N)C(=O)NCC(=O)N[C@@H](CC(=O)O)C(=O)N[C@@H](CSc1c(F)c(F)c(-c2c(F)c(F)c(F)c(F)c2F)c(F)c1F)C(=O)O)C(=O)O. The van der Waals surface area contributed by atoms with E-state index in [1.165, 1.54) is 0 Å². The van der Waals surface area contributed by atoms with Crippen molar-refractivity contribution in [2.24, 2.45) is 32.6 Å². The summed E-state index contributed by atoms with van der Waals surface area (Å²) in [6.07, 6.45) is -2.36. The van der Waals surface area contributed by atoms with Gasteiger partial charge in [0.25, 0.3) is 0 Å². The van der Waals surface area contributed by atoms with Crippen LogP contribution in [0.5, 0.6) is 0 Å². The van der Waals surface area contributed by atoms with E-state index in [0.29, 0.717) is 0 Å². The summed E-state index contributed by atoms with van der Waals surface area (Å²) in [5.74, 6) is -33.7. The summed E-state index contributed by atoms with van der Waals surface area (Å²) in [5, 5.41) is 46.6. The molecule has 5 atom stereocenters. The molecule has 2 aromatic carbocycles. The van der Waals surface area contributed by atoms with Crippen LogP contribution in [0.4, 0.5) is 39.5 Å². The molecule has 0 unspecified atom stereocenters. The normalized spacial score (nSPS) is 13.1. The summed E-state index contributed by atoms with van der Waals surface area (Å²) in [4.78, 5) is 114. The average Bonchev–Trinajstić information content (AvgIpc) is 3.31. The minimum atomic E-state index is -2.82. The number of thiol groups is 1. The molecule has 0 aliphatic carbocycles. The Kier molecular flexibility index (Phi) is 23.8. The van der Waals surface area contributed by atoms with Crippen molar-refractivity contribution in [2.45, 2.75) is 67.2 Å². The fourth-order valence-corrected chi connectivity index (χ4v) is 6.91. The highest BCUT2D eigenvalue weighted by Gasteiger charge is 2.36. The third-order valence-corrected chi connectivity index (χ3v) is 10.6. The van der Waals surface area contributed by atoms with Crippen LogP contribution in [0.3, 0.4) is 0 Å². The summed E-state index contributed by atoms with van der Waals surface area (Å²) < 4.78 is 130. The average molecular weight is 1080 g/mol. The van der Waals surface area contributed by atoms with Crippen molar-refractivity contribution >= 4 is 83.7 Å². The molecule has 15 N–H and O–H groups in total. The van der Waals surface area contributed by atoms with E-state index in [0.717, 1.165) is 0 Å². The standard InChI is InChI=1S/C37H41F9N12O12S2/c38-22-20(23(39)27(43)28(44)26(22)42)21-24(40)29(45)31(30(46)25(21)41)72-10-15(36(69)70)56-34(66)13(6-19(62)63)54-18(61)8-51-32(64)11(2-1-5-50-37(47)48)53-17(60)7-52-33(65)14(9-71)55-16(59)4-3-12(35(67)68)57-58-49/h11-15,71H,1-10H2,(H2,49,57)(H,51,64)(H,52,65)(H,53,60)(H,54,61)(H,55,59)(H,56,66)(H,62,63)(H,67,68)(H,69,70)(H4,47,48,50)/t11-,12-,13-,14-,15-/m0/s1. The van der Waals surface area contributed by atoms with Gasteiger partial charge < -0.3 is 64.5 Å². The van der Waals surface area contributed by atoms with Gasteiger partial charge in [0.2, 0.25) is 41.3 Å². The molecule has 0 bridgehead atoms. The first-order valence-electron chi connectivity index (χ1n) is 19.9. The fraction of sp³-hybridized carbons (Fsp3) is 0.405. The highest BCUT2D eigenvalue weighted by atomic mass is 32.2. The van der Waals surface area contributed by atoms with Gasteiger partial charge in [-0.1, -0.05) is 5.22 Å². The largest absolute Gasteiger partial charge is 0.481 e. The lowest BCUT2D eigenvalue weighted by Crippen LogP contribution is -2.55. The number of carboxylic acid groups (broad SMARTS) is 3. The number of hydrogen-bond acceptors (Lipinski definition) is 14. The number of carbonyl (C=O) groups excluding carboxylic acids is 6. The number of aliphatic carboxylic acids is 3. The van der Waals surface area contributed by atoms with E-state index >= 15 is 17.6 Å². The number of nitrogens with zero attached hydrogens (tertiary/aromatic N) is 3.